The van der Waals surface area contributed by atoms with Crippen molar-refractivity contribution in [3.63, 3.8) is 0 Å². The van der Waals surface area contributed by atoms with E-state index in [1.54, 1.807) is 34.9 Å². The lowest BCUT2D eigenvalue weighted by Crippen LogP contribution is -2.43. The van der Waals surface area contributed by atoms with E-state index in [4.69, 9.17) is 9.47 Å². The highest BCUT2D eigenvalue weighted by Gasteiger charge is 2.43. The molecule has 1 unspecified atom stereocenters. The quantitative estimate of drug-likeness (QED) is 0.371. The van der Waals surface area contributed by atoms with Gasteiger partial charge in [-0.1, -0.05) is 24.3 Å². The van der Waals surface area contributed by atoms with Crippen molar-refractivity contribution in [2.75, 3.05) is 13.2 Å². The first-order valence-corrected chi connectivity index (χ1v) is 10.7. The van der Waals surface area contributed by atoms with Crippen LogP contribution in [0.2, 0.25) is 0 Å². The van der Waals surface area contributed by atoms with E-state index in [1.807, 2.05) is 6.07 Å². The first-order chi connectivity index (χ1) is 16.4. The van der Waals surface area contributed by atoms with E-state index in [1.165, 1.54) is 18.5 Å². The van der Waals surface area contributed by atoms with Crippen LogP contribution in [0.1, 0.15) is 35.8 Å². The lowest BCUT2D eigenvalue weighted by Gasteiger charge is -2.31. The second-order valence-corrected chi connectivity index (χ2v) is 8.43. The molecule has 0 spiro atoms. The van der Waals surface area contributed by atoms with Gasteiger partial charge >= 0.3 is 6.61 Å². The van der Waals surface area contributed by atoms with Gasteiger partial charge in [0, 0.05) is 29.9 Å². The first-order valence-electron chi connectivity index (χ1n) is 10.7. The highest BCUT2D eigenvalue weighted by molar-refractivity contribution is 5.83. The van der Waals surface area contributed by atoms with Gasteiger partial charge in [-0.2, -0.15) is 8.78 Å². The number of ether oxygens (including phenoxy) is 2. The molecule has 2 aromatic carbocycles. The Bertz CT molecular complexity index is 1370. The summed E-state index contributed by atoms with van der Waals surface area (Å²) in [5.74, 6) is 0.314. The number of nitrogens with zero attached hydrogens (tertiary/aromatic N) is 4. The smallest absolute Gasteiger partial charge is 0.387 e. The molecular weight excluding hydrogens is 452 g/mol. The second kappa shape index (κ2) is 7.76. The zero-order valence-electron chi connectivity index (χ0n) is 17.7. The molecular formula is C24H18F4N4O2. The molecule has 6 rings (SSSR count). The Morgan fingerprint density at radius 2 is 1.82 bits per heavy atom. The number of rotatable bonds is 5. The monoisotopic (exact) mass is 470 g/mol. The molecule has 0 saturated carbocycles. The number of benzene rings is 2. The van der Waals surface area contributed by atoms with Crippen LogP contribution in [0.5, 0.6) is 5.75 Å². The largest absolute Gasteiger partial charge is 0.434 e. The van der Waals surface area contributed by atoms with Gasteiger partial charge < -0.3 is 14.0 Å². The van der Waals surface area contributed by atoms with Crippen LogP contribution in [0.3, 0.4) is 0 Å². The van der Waals surface area contributed by atoms with Crippen molar-refractivity contribution in [3.05, 3.63) is 72.1 Å². The Labute approximate surface area is 191 Å². The molecule has 6 nitrogen and oxygen atoms in total. The molecule has 174 valence electrons. The number of para-hydroxylation sites is 1. The average Bonchev–Trinajstić information content (AvgIpc) is 3.35. The molecule has 2 aliphatic rings. The standard InChI is InChI=1S/C24H18F4N4O2/c25-16-8-18(15-3-1-2-4-20(15)34-23(26)27)32-19-7-13(5-6-17(19)31-21(16)32)14-9-29-22(30-10-14)24(28)11-33-12-24/h1-7,9-10,16,18,23H,8,11-12H2/t16-,18?/m0/s1. The highest BCUT2D eigenvalue weighted by atomic mass is 19.3. The fourth-order valence-electron chi connectivity index (χ4n) is 4.59. The predicted octanol–water partition coefficient (Wildman–Crippen LogP) is 5.29. The van der Waals surface area contributed by atoms with Gasteiger partial charge in [-0.3, -0.25) is 0 Å². The fraction of sp³-hybridized carbons (Fsp3) is 0.292. The van der Waals surface area contributed by atoms with E-state index in [2.05, 4.69) is 15.0 Å². The van der Waals surface area contributed by atoms with E-state index in [9.17, 15) is 17.6 Å². The van der Waals surface area contributed by atoms with Crippen LogP contribution in [0.25, 0.3) is 22.2 Å². The van der Waals surface area contributed by atoms with Crippen LogP contribution >= 0.6 is 0 Å². The molecule has 4 aromatic rings. The van der Waals surface area contributed by atoms with E-state index in [-0.39, 0.29) is 37.0 Å². The summed E-state index contributed by atoms with van der Waals surface area (Å²) in [6.07, 6.45) is 1.77. The minimum atomic E-state index is -2.99. The van der Waals surface area contributed by atoms with E-state index >= 15 is 0 Å². The first kappa shape index (κ1) is 21.0. The minimum absolute atomic E-state index is 0.00432. The predicted molar refractivity (Wildman–Crippen MR) is 114 cm³/mol. The van der Waals surface area contributed by atoms with Crippen LogP contribution in [0, 0.1) is 0 Å². The highest BCUT2D eigenvalue weighted by Crippen LogP contribution is 2.46. The lowest BCUT2D eigenvalue weighted by atomic mass is 10.0. The second-order valence-electron chi connectivity index (χ2n) is 8.43. The van der Waals surface area contributed by atoms with Crippen molar-refractivity contribution in [2.24, 2.45) is 0 Å². The normalized spacial score (nSPS) is 21.0. The third kappa shape index (κ3) is 3.32. The summed E-state index contributed by atoms with van der Waals surface area (Å²) in [4.78, 5) is 12.8. The molecule has 1 saturated heterocycles. The summed E-state index contributed by atoms with van der Waals surface area (Å²) in [6.45, 7) is -3.13. The topological polar surface area (TPSA) is 62.1 Å². The number of fused-ring (bicyclic) bond motifs is 3. The lowest BCUT2D eigenvalue weighted by molar-refractivity contribution is -0.140. The molecule has 2 aliphatic heterocycles. The Morgan fingerprint density at radius 3 is 2.53 bits per heavy atom. The van der Waals surface area contributed by atoms with Crippen LogP contribution < -0.4 is 4.74 Å². The van der Waals surface area contributed by atoms with Gasteiger partial charge in [0.15, 0.2) is 12.0 Å². The van der Waals surface area contributed by atoms with Gasteiger partial charge in [-0.15, -0.1) is 0 Å². The van der Waals surface area contributed by atoms with E-state index in [0.717, 1.165) is 5.56 Å². The van der Waals surface area contributed by atoms with Gasteiger partial charge in [0.25, 0.3) is 0 Å². The third-order valence-corrected chi connectivity index (χ3v) is 6.28. The van der Waals surface area contributed by atoms with Crippen LogP contribution in [-0.2, 0) is 10.4 Å². The molecule has 1 fully saturated rings. The number of hydrogen-bond donors (Lipinski definition) is 0. The SMILES string of the molecule is FC(F)Oc1ccccc1C1C[C@H](F)c2nc3ccc(-c4cnc(C5(F)COC5)nc4)cc3n21. The van der Waals surface area contributed by atoms with Gasteiger partial charge in [-0.25, -0.2) is 23.7 Å². The molecule has 2 aromatic heterocycles. The summed E-state index contributed by atoms with van der Waals surface area (Å²) in [7, 11) is 0. The Morgan fingerprint density at radius 1 is 1.06 bits per heavy atom. The van der Waals surface area contributed by atoms with Gasteiger partial charge in [0.2, 0.25) is 5.67 Å². The average molecular weight is 470 g/mol. The summed E-state index contributed by atoms with van der Waals surface area (Å²) < 4.78 is 66.7. The van der Waals surface area contributed by atoms with E-state index < -0.39 is 24.5 Å². The maximum Gasteiger partial charge on any atom is 0.387 e. The number of aromatic nitrogens is 4. The van der Waals surface area contributed by atoms with Crippen LogP contribution in [0.15, 0.2) is 54.9 Å². The van der Waals surface area contributed by atoms with Gasteiger partial charge in [0.1, 0.15) is 11.6 Å². The molecule has 34 heavy (non-hydrogen) atoms. The number of imidazole rings is 1. The zero-order chi connectivity index (χ0) is 23.4. The van der Waals surface area contributed by atoms with Crippen molar-refractivity contribution in [1.29, 1.82) is 0 Å². The summed E-state index contributed by atoms with van der Waals surface area (Å²) in [5.41, 5.74) is 1.40. The Kier molecular flexibility index (Phi) is 4.80. The van der Waals surface area contributed by atoms with Crippen molar-refractivity contribution in [1.82, 2.24) is 19.5 Å². The molecule has 10 heteroatoms. The maximum atomic E-state index is 15.0. The molecule has 4 heterocycles. The summed E-state index contributed by atoms with van der Waals surface area (Å²) in [5, 5.41) is 0. The van der Waals surface area contributed by atoms with Crippen molar-refractivity contribution in [2.45, 2.75) is 30.9 Å². The molecule has 0 aliphatic carbocycles. The van der Waals surface area contributed by atoms with Gasteiger partial charge in [-0.05, 0) is 23.8 Å². The summed E-state index contributed by atoms with van der Waals surface area (Å²) >= 11 is 0. The number of alkyl halides is 4. The van der Waals surface area contributed by atoms with Crippen LogP contribution in [0.4, 0.5) is 17.6 Å². The number of halogens is 4. The number of hydrogen-bond acceptors (Lipinski definition) is 5. The molecule has 2 atom stereocenters. The Hall–Kier alpha value is -3.53. The molecule has 0 radical (unpaired) electrons. The Balaban J connectivity index is 1.42. The third-order valence-electron chi connectivity index (χ3n) is 6.28. The maximum absolute atomic E-state index is 15.0. The minimum Gasteiger partial charge on any atom is -0.434 e. The molecule has 0 amide bonds. The van der Waals surface area contributed by atoms with Crippen molar-refractivity contribution in [3.8, 4) is 16.9 Å². The van der Waals surface area contributed by atoms with Crippen molar-refractivity contribution < 1.29 is 27.0 Å². The summed E-state index contributed by atoms with van der Waals surface area (Å²) in [6, 6.07) is 11.2. The fourth-order valence-corrected chi connectivity index (χ4v) is 4.59. The van der Waals surface area contributed by atoms with Crippen LogP contribution in [-0.4, -0.2) is 39.3 Å². The zero-order valence-corrected chi connectivity index (χ0v) is 17.7. The van der Waals surface area contributed by atoms with Crippen molar-refractivity contribution >= 4 is 11.0 Å². The molecule has 0 N–H and O–H groups in total. The van der Waals surface area contributed by atoms with E-state index in [0.29, 0.717) is 22.2 Å². The molecule has 0 bridgehead atoms. The van der Waals surface area contributed by atoms with Gasteiger partial charge in [0.05, 0.1) is 30.3 Å².